The molecule has 0 aromatic heterocycles. The molecule has 2 aliphatic carbocycles. The van der Waals surface area contributed by atoms with Crippen LogP contribution in [-0.2, 0) is 36.3 Å². The van der Waals surface area contributed by atoms with E-state index >= 15 is 0 Å². The van der Waals surface area contributed by atoms with E-state index in [-0.39, 0.29) is 53.7 Å². The molecule has 2 fully saturated rings. The zero-order chi connectivity index (χ0) is 30.8. The third-order valence-corrected chi connectivity index (χ3v) is 12.2. The summed E-state index contributed by atoms with van der Waals surface area (Å²) in [5.41, 5.74) is -3.84. The van der Waals surface area contributed by atoms with E-state index in [1.807, 2.05) is 6.92 Å². The zero-order valence-electron chi connectivity index (χ0n) is 23.1. The first-order chi connectivity index (χ1) is 19.5. The summed E-state index contributed by atoms with van der Waals surface area (Å²) in [6.45, 7) is 2.28. The van der Waals surface area contributed by atoms with E-state index < -0.39 is 61.7 Å². The number of carboxylic acids is 1. The van der Waals surface area contributed by atoms with Crippen molar-refractivity contribution in [1.29, 1.82) is 0 Å². The van der Waals surface area contributed by atoms with Crippen LogP contribution in [0.25, 0.3) is 0 Å². The van der Waals surface area contributed by atoms with Crippen molar-refractivity contribution in [2.45, 2.75) is 79.9 Å². The van der Waals surface area contributed by atoms with Crippen molar-refractivity contribution < 1.29 is 45.1 Å². The van der Waals surface area contributed by atoms with Crippen LogP contribution in [0.3, 0.4) is 0 Å². The summed E-state index contributed by atoms with van der Waals surface area (Å²) < 4.78 is 96.4. The highest BCUT2D eigenvalue weighted by Gasteiger charge is 2.62. The molecule has 1 saturated heterocycles. The molecule has 1 N–H and O–H groups in total. The van der Waals surface area contributed by atoms with Crippen molar-refractivity contribution in [3.8, 4) is 0 Å². The Hall–Kier alpha value is -3.02. The molecule has 1 unspecified atom stereocenters. The molecule has 1 heterocycles. The van der Waals surface area contributed by atoms with Gasteiger partial charge in [0.1, 0.15) is 10.6 Å². The number of carboxylic acid groups (broad SMARTS) is 1. The van der Waals surface area contributed by atoms with Crippen LogP contribution in [0.1, 0.15) is 62.6 Å². The normalized spacial score (nSPS) is 29.4. The molecular formula is C30H32F5NO5S. The standard InChI is InChI=1S/C30H32F5NO5S/c1-17-15-19(27(38)39)3-10-23(17)26(37)36-14-13-29(42(40,41)22-8-6-21(31)7-9-22)24-11-5-20(28(2,32)30(33,34)35)16-18(24)4-12-25(29)36/h5-9,11,16-17,19,23,25H,3-4,10,12-15H2,1-2H3,(H,38,39)/t17-,19+,23+,25+,28?,29+/m0/s1. The van der Waals surface area contributed by atoms with Crippen molar-refractivity contribution in [1.82, 2.24) is 4.90 Å². The second-order valence-electron chi connectivity index (χ2n) is 12.0. The van der Waals surface area contributed by atoms with Crippen LogP contribution in [0.4, 0.5) is 22.0 Å². The highest BCUT2D eigenvalue weighted by Crippen LogP contribution is 2.54. The van der Waals surface area contributed by atoms with Crippen LogP contribution in [0.2, 0.25) is 0 Å². The topological polar surface area (TPSA) is 91.8 Å². The molecule has 42 heavy (non-hydrogen) atoms. The molecule has 1 aliphatic heterocycles. The molecule has 12 heteroatoms. The Morgan fingerprint density at radius 2 is 1.69 bits per heavy atom. The van der Waals surface area contributed by atoms with Gasteiger partial charge in [0.05, 0.1) is 16.9 Å². The molecular weight excluding hydrogens is 581 g/mol. The van der Waals surface area contributed by atoms with Crippen LogP contribution in [-0.4, -0.2) is 49.1 Å². The van der Waals surface area contributed by atoms with Gasteiger partial charge in [-0.3, -0.25) is 9.59 Å². The number of halogens is 5. The van der Waals surface area contributed by atoms with Gasteiger partial charge >= 0.3 is 12.1 Å². The summed E-state index contributed by atoms with van der Waals surface area (Å²) in [5.74, 6) is -3.17. The lowest BCUT2D eigenvalue weighted by Crippen LogP contribution is -2.54. The molecule has 1 saturated carbocycles. The number of fused-ring (bicyclic) bond motifs is 3. The van der Waals surface area contributed by atoms with Crippen molar-refractivity contribution in [3.05, 3.63) is 65.0 Å². The summed E-state index contributed by atoms with van der Waals surface area (Å²) >= 11 is 0. The van der Waals surface area contributed by atoms with Crippen LogP contribution in [0.5, 0.6) is 0 Å². The summed E-state index contributed by atoms with van der Waals surface area (Å²) in [7, 11) is -4.35. The predicted molar refractivity (Wildman–Crippen MR) is 142 cm³/mol. The fourth-order valence-electron chi connectivity index (χ4n) is 7.27. The number of sulfone groups is 1. The van der Waals surface area contributed by atoms with Gasteiger partial charge in [-0.1, -0.05) is 25.1 Å². The molecule has 2 aromatic carbocycles. The third kappa shape index (κ3) is 4.60. The smallest absolute Gasteiger partial charge is 0.426 e. The van der Waals surface area contributed by atoms with Crippen molar-refractivity contribution in [2.24, 2.45) is 17.8 Å². The molecule has 1 amide bonds. The number of amides is 1. The molecule has 0 spiro atoms. The zero-order valence-corrected chi connectivity index (χ0v) is 23.9. The lowest BCUT2D eigenvalue weighted by Gasteiger charge is -2.44. The first-order valence-electron chi connectivity index (χ1n) is 14.0. The Morgan fingerprint density at radius 1 is 1.02 bits per heavy atom. The van der Waals surface area contributed by atoms with Gasteiger partial charge in [-0.25, -0.2) is 17.2 Å². The van der Waals surface area contributed by atoms with Gasteiger partial charge in [0, 0.05) is 12.5 Å². The molecule has 0 radical (unpaired) electrons. The summed E-state index contributed by atoms with van der Waals surface area (Å²) in [5, 5.41) is 9.43. The lowest BCUT2D eigenvalue weighted by molar-refractivity contribution is -0.228. The Labute approximate surface area is 240 Å². The molecule has 6 nitrogen and oxygen atoms in total. The maximum atomic E-state index is 14.9. The second kappa shape index (κ2) is 10.3. The summed E-state index contributed by atoms with van der Waals surface area (Å²) in [6.07, 6.45) is -4.05. The average molecular weight is 614 g/mol. The highest BCUT2D eigenvalue weighted by molar-refractivity contribution is 7.92. The fraction of sp³-hybridized carbons (Fsp3) is 0.533. The Kier molecular flexibility index (Phi) is 7.47. The Morgan fingerprint density at radius 3 is 2.29 bits per heavy atom. The van der Waals surface area contributed by atoms with Crippen LogP contribution in [0.15, 0.2) is 47.4 Å². The Balaban J connectivity index is 1.60. The van der Waals surface area contributed by atoms with E-state index in [9.17, 15) is 45.1 Å². The average Bonchev–Trinajstić information content (AvgIpc) is 3.33. The summed E-state index contributed by atoms with van der Waals surface area (Å²) in [4.78, 5) is 26.8. The maximum absolute atomic E-state index is 14.9. The molecule has 3 aliphatic rings. The third-order valence-electron chi connectivity index (χ3n) is 9.68. The van der Waals surface area contributed by atoms with E-state index in [0.29, 0.717) is 26.2 Å². The number of hydrogen-bond acceptors (Lipinski definition) is 4. The van der Waals surface area contributed by atoms with Gasteiger partial charge < -0.3 is 10.0 Å². The van der Waals surface area contributed by atoms with Gasteiger partial charge in [-0.15, -0.1) is 0 Å². The number of alkyl halides is 4. The highest BCUT2D eigenvalue weighted by atomic mass is 32.2. The number of carbonyl (C=O) groups is 2. The lowest BCUT2D eigenvalue weighted by atomic mass is 9.73. The van der Waals surface area contributed by atoms with Gasteiger partial charge in [0.15, 0.2) is 9.84 Å². The molecule has 0 bridgehead atoms. The van der Waals surface area contributed by atoms with Gasteiger partial charge in [-0.2, -0.15) is 13.2 Å². The van der Waals surface area contributed by atoms with Crippen LogP contribution < -0.4 is 0 Å². The van der Waals surface area contributed by atoms with Crippen molar-refractivity contribution in [3.63, 3.8) is 0 Å². The minimum atomic E-state index is -5.19. The minimum Gasteiger partial charge on any atom is -0.481 e. The number of hydrogen-bond donors (Lipinski definition) is 1. The van der Waals surface area contributed by atoms with Crippen molar-refractivity contribution >= 4 is 21.7 Å². The molecule has 5 rings (SSSR count). The molecule has 228 valence electrons. The Bertz CT molecular complexity index is 1510. The number of nitrogens with zero attached hydrogens (tertiary/aromatic N) is 1. The maximum Gasteiger partial charge on any atom is 0.426 e. The van der Waals surface area contributed by atoms with E-state index in [4.69, 9.17) is 0 Å². The van der Waals surface area contributed by atoms with Crippen LogP contribution >= 0.6 is 0 Å². The van der Waals surface area contributed by atoms with Gasteiger partial charge in [0.2, 0.25) is 11.6 Å². The van der Waals surface area contributed by atoms with E-state index in [2.05, 4.69) is 0 Å². The largest absolute Gasteiger partial charge is 0.481 e. The first-order valence-corrected chi connectivity index (χ1v) is 15.4. The minimum absolute atomic E-state index is 0.0551. The summed E-state index contributed by atoms with van der Waals surface area (Å²) in [6, 6.07) is 6.64. The predicted octanol–water partition coefficient (Wildman–Crippen LogP) is 5.93. The first kappa shape index (κ1) is 30.4. The quantitative estimate of drug-likeness (QED) is 0.334. The van der Waals surface area contributed by atoms with E-state index in [0.717, 1.165) is 36.4 Å². The fourth-order valence-corrected chi connectivity index (χ4v) is 9.64. The number of benzene rings is 2. The number of rotatable bonds is 5. The number of carbonyl (C=O) groups excluding carboxylic acids is 1. The van der Waals surface area contributed by atoms with E-state index in [1.165, 1.54) is 11.0 Å². The van der Waals surface area contributed by atoms with Gasteiger partial charge in [0.25, 0.3) is 0 Å². The monoisotopic (exact) mass is 613 g/mol. The van der Waals surface area contributed by atoms with Gasteiger partial charge in [-0.05, 0) is 92.3 Å². The van der Waals surface area contributed by atoms with E-state index in [1.54, 1.807) is 0 Å². The number of aryl methyl sites for hydroxylation is 1. The number of likely N-dealkylation sites (tertiary alicyclic amines) is 1. The van der Waals surface area contributed by atoms with Crippen molar-refractivity contribution in [2.75, 3.05) is 6.54 Å². The molecule has 2 aromatic rings. The SMILES string of the molecule is C[C@H]1C[C@H](C(=O)O)CC[C@H]1C(=O)N1CC[C@@]2(S(=O)(=O)c3ccc(F)cc3)c3ccc(C(C)(F)C(F)(F)F)cc3CC[C@@H]12. The second-order valence-corrected chi connectivity index (χ2v) is 14.2. The number of aliphatic carboxylic acids is 1. The van der Waals surface area contributed by atoms with Crippen LogP contribution in [0, 0.1) is 23.6 Å². The molecule has 6 atom stereocenters.